The molecule has 0 amide bonds. The first-order valence-corrected chi connectivity index (χ1v) is 3.91. The Morgan fingerprint density at radius 1 is 1.40 bits per heavy atom. The maximum Gasteiger partial charge on any atom is 0.103 e. The van der Waals surface area contributed by atoms with Crippen molar-refractivity contribution in [3.05, 3.63) is 0 Å². The van der Waals surface area contributed by atoms with Crippen LogP contribution in [-0.2, 0) is 4.74 Å². The molecule has 60 valence electrons. The molecule has 1 aliphatic carbocycles. The Bertz CT molecular complexity index is 105. The van der Waals surface area contributed by atoms with Gasteiger partial charge in [-0.05, 0) is 25.2 Å². The zero-order valence-corrected chi connectivity index (χ0v) is 6.64. The van der Waals surface area contributed by atoms with Crippen molar-refractivity contribution in [1.29, 1.82) is 0 Å². The van der Waals surface area contributed by atoms with E-state index >= 15 is 0 Å². The minimum atomic E-state index is -0.591. The average Bonchev–Trinajstić information content (AvgIpc) is 1.95. The highest BCUT2D eigenvalue weighted by Gasteiger charge is 2.26. The molecule has 0 saturated heterocycles. The number of halogens is 1. The molecule has 1 saturated carbocycles. The van der Waals surface area contributed by atoms with Gasteiger partial charge >= 0.3 is 0 Å². The molecule has 0 aromatic heterocycles. The molecule has 3 atom stereocenters. The number of ether oxygens (including phenoxy) is 1. The fourth-order valence-corrected chi connectivity index (χ4v) is 1.52. The van der Waals surface area contributed by atoms with Crippen LogP contribution in [0.4, 0.5) is 4.39 Å². The van der Waals surface area contributed by atoms with Crippen molar-refractivity contribution in [1.82, 2.24) is 0 Å². The molecule has 0 N–H and O–H groups in total. The van der Waals surface area contributed by atoms with Gasteiger partial charge in [0.1, 0.15) is 6.17 Å². The third-order valence-corrected chi connectivity index (χ3v) is 2.35. The summed E-state index contributed by atoms with van der Waals surface area (Å²) in [5.74, 6) is 0.193. The van der Waals surface area contributed by atoms with E-state index in [1.807, 2.05) is 6.92 Å². The third-order valence-electron chi connectivity index (χ3n) is 2.35. The molecule has 1 aliphatic rings. The van der Waals surface area contributed by atoms with E-state index in [2.05, 4.69) is 0 Å². The summed E-state index contributed by atoms with van der Waals surface area (Å²) in [6.45, 7) is 1.95. The number of hydrogen-bond donors (Lipinski definition) is 0. The van der Waals surface area contributed by atoms with E-state index in [0.717, 1.165) is 12.8 Å². The van der Waals surface area contributed by atoms with Crippen molar-refractivity contribution >= 4 is 0 Å². The van der Waals surface area contributed by atoms with E-state index in [9.17, 15) is 4.39 Å². The third kappa shape index (κ3) is 1.69. The van der Waals surface area contributed by atoms with Gasteiger partial charge in [0.25, 0.3) is 0 Å². The molecule has 0 aromatic rings. The topological polar surface area (TPSA) is 9.23 Å². The molecule has 0 aliphatic heterocycles. The number of alkyl halides is 1. The molecule has 2 heteroatoms. The summed E-state index contributed by atoms with van der Waals surface area (Å²) in [4.78, 5) is 0. The largest absolute Gasteiger partial charge is 0.381 e. The van der Waals surface area contributed by atoms with E-state index in [4.69, 9.17) is 4.74 Å². The predicted molar refractivity (Wildman–Crippen MR) is 38.7 cm³/mol. The summed E-state index contributed by atoms with van der Waals surface area (Å²) >= 11 is 0. The summed E-state index contributed by atoms with van der Waals surface area (Å²) in [5.41, 5.74) is 0. The van der Waals surface area contributed by atoms with Crippen LogP contribution < -0.4 is 0 Å². The van der Waals surface area contributed by atoms with E-state index in [1.54, 1.807) is 7.11 Å². The van der Waals surface area contributed by atoms with Gasteiger partial charge in [-0.3, -0.25) is 0 Å². The van der Waals surface area contributed by atoms with Gasteiger partial charge < -0.3 is 4.74 Å². The fourth-order valence-electron chi connectivity index (χ4n) is 1.52. The van der Waals surface area contributed by atoms with Crippen LogP contribution in [0.5, 0.6) is 0 Å². The molecule has 3 unspecified atom stereocenters. The van der Waals surface area contributed by atoms with Crippen LogP contribution in [0.25, 0.3) is 0 Å². The van der Waals surface area contributed by atoms with Gasteiger partial charge in [-0.2, -0.15) is 0 Å². The first kappa shape index (κ1) is 7.99. The Balaban J connectivity index is 2.33. The molecule has 1 fully saturated rings. The van der Waals surface area contributed by atoms with E-state index < -0.39 is 6.17 Å². The Morgan fingerprint density at radius 2 is 2.10 bits per heavy atom. The standard InChI is InChI=1S/C8H15FO/c1-6-5-7(10-2)3-4-8(6)9/h6-8H,3-5H2,1-2H3. The van der Waals surface area contributed by atoms with E-state index in [0.29, 0.717) is 12.5 Å². The van der Waals surface area contributed by atoms with Gasteiger partial charge in [0.15, 0.2) is 0 Å². The predicted octanol–water partition coefficient (Wildman–Crippen LogP) is 2.16. The Kier molecular flexibility index (Phi) is 2.66. The van der Waals surface area contributed by atoms with E-state index in [-0.39, 0.29) is 5.92 Å². The van der Waals surface area contributed by atoms with Gasteiger partial charge in [0.2, 0.25) is 0 Å². The van der Waals surface area contributed by atoms with Crippen molar-refractivity contribution in [3.63, 3.8) is 0 Å². The molecule has 10 heavy (non-hydrogen) atoms. The van der Waals surface area contributed by atoms with Gasteiger partial charge in [0.05, 0.1) is 6.10 Å². The van der Waals surface area contributed by atoms with Crippen LogP contribution >= 0.6 is 0 Å². The lowest BCUT2D eigenvalue weighted by Crippen LogP contribution is -2.28. The van der Waals surface area contributed by atoms with Crippen LogP contribution in [0.2, 0.25) is 0 Å². The normalized spacial score (nSPS) is 41.7. The molecule has 0 radical (unpaired) electrons. The van der Waals surface area contributed by atoms with Crippen LogP contribution in [0.3, 0.4) is 0 Å². The summed E-state index contributed by atoms with van der Waals surface area (Å²) in [6, 6.07) is 0. The van der Waals surface area contributed by atoms with Crippen molar-refractivity contribution in [2.45, 2.75) is 38.5 Å². The highest BCUT2D eigenvalue weighted by atomic mass is 19.1. The van der Waals surface area contributed by atoms with E-state index in [1.165, 1.54) is 0 Å². The fraction of sp³-hybridized carbons (Fsp3) is 1.00. The highest BCUT2D eigenvalue weighted by molar-refractivity contribution is 4.77. The number of rotatable bonds is 1. The van der Waals surface area contributed by atoms with Crippen LogP contribution in [-0.4, -0.2) is 19.4 Å². The smallest absolute Gasteiger partial charge is 0.103 e. The second-order valence-electron chi connectivity index (χ2n) is 3.16. The van der Waals surface area contributed by atoms with Gasteiger partial charge in [-0.15, -0.1) is 0 Å². The lowest BCUT2D eigenvalue weighted by atomic mass is 9.87. The van der Waals surface area contributed by atoms with Gasteiger partial charge in [-0.25, -0.2) is 4.39 Å². The van der Waals surface area contributed by atoms with Gasteiger partial charge in [-0.1, -0.05) is 6.92 Å². The highest BCUT2D eigenvalue weighted by Crippen LogP contribution is 2.27. The molecular weight excluding hydrogens is 131 g/mol. The molecular formula is C8H15FO. The first-order chi connectivity index (χ1) is 4.74. The summed E-state index contributed by atoms with van der Waals surface area (Å²) < 4.78 is 18.0. The maximum absolute atomic E-state index is 12.8. The van der Waals surface area contributed by atoms with Crippen LogP contribution in [0.1, 0.15) is 26.2 Å². The SMILES string of the molecule is COC1CCC(F)C(C)C1. The molecule has 0 bridgehead atoms. The summed E-state index contributed by atoms with van der Waals surface area (Å²) in [6.07, 6.45) is 2.17. The quantitative estimate of drug-likeness (QED) is 0.550. The van der Waals surface area contributed by atoms with Crippen molar-refractivity contribution in [2.75, 3.05) is 7.11 Å². The van der Waals surface area contributed by atoms with Crippen molar-refractivity contribution in [2.24, 2.45) is 5.92 Å². The maximum atomic E-state index is 12.8. The molecule has 0 spiro atoms. The second-order valence-corrected chi connectivity index (χ2v) is 3.16. The first-order valence-electron chi connectivity index (χ1n) is 3.91. The average molecular weight is 146 g/mol. The summed E-state index contributed by atoms with van der Waals surface area (Å²) in [5, 5.41) is 0. The van der Waals surface area contributed by atoms with Crippen molar-refractivity contribution < 1.29 is 9.13 Å². The molecule has 1 rings (SSSR count). The zero-order valence-electron chi connectivity index (χ0n) is 6.64. The second kappa shape index (κ2) is 3.33. The minimum Gasteiger partial charge on any atom is -0.381 e. The zero-order chi connectivity index (χ0) is 7.56. The lowest BCUT2D eigenvalue weighted by molar-refractivity contribution is 0.0227. The monoisotopic (exact) mass is 146 g/mol. The molecule has 0 heterocycles. The minimum absolute atomic E-state index is 0.193. The Hall–Kier alpha value is -0.110. The molecule has 1 nitrogen and oxygen atoms in total. The Morgan fingerprint density at radius 3 is 2.60 bits per heavy atom. The summed E-state index contributed by atoms with van der Waals surface area (Å²) in [7, 11) is 1.70. The van der Waals surface area contributed by atoms with Crippen molar-refractivity contribution in [3.8, 4) is 0 Å². The number of methoxy groups -OCH3 is 1. The lowest BCUT2D eigenvalue weighted by Gasteiger charge is -2.28. The van der Waals surface area contributed by atoms with Crippen LogP contribution in [0, 0.1) is 5.92 Å². The van der Waals surface area contributed by atoms with Crippen LogP contribution in [0.15, 0.2) is 0 Å². The molecule has 0 aromatic carbocycles. The van der Waals surface area contributed by atoms with Gasteiger partial charge in [0, 0.05) is 7.11 Å². The number of hydrogen-bond acceptors (Lipinski definition) is 1. The Labute approximate surface area is 61.6 Å².